The molecule has 0 aliphatic heterocycles. The number of halogens is 9. The van der Waals surface area contributed by atoms with Crippen LogP contribution in [0.15, 0.2) is 70.7 Å². The first kappa shape index (κ1) is 33.1. The summed E-state index contributed by atoms with van der Waals surface area (Å²) in [6.07, 6.45) is 5.20. The van der Waals surface area contributed by atoms with Crippen molar-refractivity contribution < 1.29 is 0 Å². The lowest BCUT2D eigenvalue weighted by atomic mass is 10.1. The van der Waals surface area contributed by atoms with Crippen LogP contribution < -0.4 is 0 Å². The molecule has 2 heterocycles. The number of hydrogen-bond acceptors (Lipinski definition) is 6. The third-order valence-electron chi connectivity index (χ3n) is 4.23. The van der Waals surface area contributed by atoms with Gasteiger partial charge in [-0.1, -0.05) is 106 Å². The summed E-state index contributed by atoms with van der Waals surface area (Å²) in [5, 5.41) is 0.870. The van der Waals surface area contributed by atoms with Crippen LogP contribution in [0.5, 0.6) is 0 Å². The summed E-state index contributed by atoms with van der Waals surface area (Å²) in [6.45, 7) is 0. The lowest BCUT2D eigenvalue weighted by Gasteiger charge is -2.14. The maximum Gasteiger partial charge on any atom is 0.241 e. The van der Waals surface area contributed by atoms with Gasteiger partial charge in [0, 0.05) is 60.6 Å². The van der Waals surface area contributed by atoms with E-state index in [4.69, 9.17) is 81.2 Å². The van der Waals surface area contributed by atoms with Crippen molar-refractivity contribution in [2.45, 2.75) is 12.9 Å². The maximum absolute atomic E-state index is 6.06. The molecule has 0 spiro atoms. The van der Waals surface area contributed by atoms with Crippen LogP contribution in [-0.4, -0.2) is 29.3 Å². The van der Waals surface area contributed by atoms with E-state index >= 15 is 0 Å². The van der Waals surface area contributed by atoms with E-state index in [1.54, 1.807) is 18.0 Å². The van der Waals surface area contributed by atoms with Crippen LogP contribution in [0.1, 0.15) is 0 Å². The van der Waals surface area contributed by atoms with Gasteiger partial charge in [0.1, 0.15) is 10.3 Å². The molecule has 0 radical (unpaired) electrons. The van der Waals surface area contributed by atoms with Crippen LogP contribution in [0.2, 0.25) is 20.9 Å². The van der Waals surface area contributed by atoms with E-state index in [1.807, 2.05) is 54.8 Å². The van der Waals surface area contributed by atoms with Gasteiger partial charge in [-0.15, -0.1) is 11.8 Å². The van der Waals surface area contributed by atoms with Crippen molar-refractivity contribution >= 4 is 126 Å². The Kier molecular flexibility index (Phi) is 14.5. The van der Waals surface area contributed by atoms with E-state index in [0.29, 0.717) is 10.7 Å². The predicted molar refractivity (Wildman–Crippen MR) is 165 cm³/mol. The van der Waals surface area contributed by atoms with Crippen LogP contribution in [0.25, 0.3) is 22.3 Å². The molecule has 0 aliphatic rings. The van der Waals surface area contributed by atoms with Gasteiger partial charge in [-0.25, -0.2) is 19.9 Å². The van der Waals surface area contributed by atoms with E-state index in [2.05, 4.69) is 41.6 Å². The summed E-state index contributed by atoms with van der Waals surface area (Å²) in [7, 11) is 8.22. The van der Waals surface area contributed by atoms with Gasteiger partial charge in [0.2, 0.25) is 13.7 Å². The van der Waals surface area contributed by atoms with Crippen molar-refractivity contribution in [1.29, 1.82) is 0 Å². The summed E-state index contributed by atoms with van der Waals surface area (Å²) in [5.41, 5.74) is 3.23. The summed E-state index contributed by atoms with van der Waals surface area (Å²) in [4.78, 5) is 17.6. The molecule has 15 heteroatoms. The smallest absolute Gasteiger partial charge is 0.226 e. The van der Waals surface area contributed by atoms with Gasteiger partial charge in [-0.3, -0.25) is 0 Å². The number of aromatic nitrogens is 4. The first-order valence-electron chi connectivity index (χ1n) is 9.58. The molecule has 37 heavy (non-hydrogen) atoms. The average molecular weight is 717 g/mol. The molecule has 196 valence electrons. The lowest BCUT2D eigenvalue weighted by molar-refractivity contribution is 1.17. The van der Waals surface area contributed by atoms with Crippen LogP contribution >= 0.6 is 126 Å². The Balaban J connectivity index is 0.000000247. The Bertz CT molecular complexity index is 1320. The Morgan fingerprint density at radius 1 is 0.622 bits per heavy atom. The number of nitrogens with zero attached hydrogens (tertiary/aromatic N) is 4. The van der Waals surface area contributed by atoms with E-state index in [-0.39, 0.29) is 15.7 Å². The highest BCUT2D eigenvalue weighted by Gasteiger charge is 2.24. The second-order valence-electron chi connectivity index (χ2n) is 6.43. The summed E-state index contributed by atoms with van der Waals surface area (Å²) in [6, 6.07) is 15.3. The van der Waals surface area contributed by atoms with Crippen LogP contribution in [-0.2, 0) is 0 Å². The molecule has 0 atom stereocenters. The number of alkyl halides is 3. The molecule has 0 saturated carbocycles. The van der Waals surface area contributed by atoms with E-state index in [0.717, 1.165) is 38.2 Å². The van der Waals surface area contributed by atoms with Crippen molar-refractivity contribution in [2.75, 3.05) is 6.26 Å². The number of rotatable bonds is 4. The molecule has 0 saturated heterocycles. The zero-order chi connectivity index (χ0) is 27.6. The van der Waals surface area contributed by atoms with Crippen molar-refractivity contribution in [3.05, 3.63) is 81.8 Å². The Morgan fingerprint density at radius 3 is 1.43 bits per heavy atom. The van der Waals surface area contributed by atoms with Gasteiger partial charge in [0.05, 0.1) is 0 Å². The summed E-state index contributed by atoms with van der Waals surface area (Å²) < 4.78 is -1.46. The van der Waals surface area contributed by atoms with E-state index in [9.17, 15) is 0 Å². The maximum atomic E-state index is 6.06. The Hall–Kier alpha value is -0.0900. The largest absolute Gasteiger partial charge is 0.241 e. The van der Waals surface area contributed by atoms with Gasteiger partial charge in [0.25, 0.3) is 0 Å². The minimum Gasteiger partial charge on any atom is -0.226 e. The lowest BCUT2D eigenvalue weighted by Crippen LogP contribution is -1.96. The van der Waals surface area contributed by atoms with Crippen molar-refractivity contribution in [3.63, 3.8) is 0 Å². The van der Waals surface area contributed by atoms with Crippen LogP contribution in [0.3, 0.4) is 0 Å². The van der Waals surface area contributed by atoms with Gasteiger partial charge in [0.15, 0.2) is 0 Å². The molecule has 0 aliphatic carbocycles. The topological polar surface area (TPSA) is 51.6 Å². The minimum absolute atomic E-state index is 0.0836. The second-order valence-corrected chi connectivity index (χ2v) is 12.9. The van der Waals surface area contributed by atoms with Crippen molar-refractivity contribution in [1.82, 2.24) is 19.9 Å². The fraction of sp³-hybridized carbons (Fsp3) is 0.0909. The van der Waals surface area contributed by atoms with Crippen molar-refractivity contribution in [2.24, 2.45) is 0 Å². The van der Waals surface area contributed by atoms with Gasteiger partial charge >= 0.3 is 0 Å². The Morgan fingerprint density at radius 2 is 1.03 bits per heavy atom. The standard InChI is InChI=1S/C11H5Cl5N2S.C11H8Cl2N2S.Cl2/c12-9-7(5-17-10(13)18-9)6-3-1-2-4-8(6)19-11(14,15)16;1-16-9-5-3-2-4-7(9)8-6-14-11(13)15-10(8)12;1-2/h1-5H;2-6H,1H3;. The average Bonchev–Trinajstić information content (AvgIpc) is 2.85. The summed E-state index contributed by atoms with van der Waals surface area (Å²) in [5.74, 6) is 0. The van der Waals surface area contributed by atoms with Crippen LogP contribution in [0, 0.1) is 0 Å². The first-order valence-corrected chi connectivity index (χ1v) is 15.4. The van der Waals surface area contributed by atoms with E-state index < -0.39 is 3.12 Å². The fourth-order valence-electron chi connectivity index (χ4n) is 2.81. The van der Waals surface area contributed by atoms with Gasteiger partial charge < -0.3 is 0 Å². The molecule has 4 aromatic rings. The molecule has 2 aromatic heterocycles. The molecule has 4 rings (SSSR count). The molecule has 2 aromatic carbocycles. The highest BCUT2D eigenvalue weighted by Crippen LogP contribution is 2.47. The summed E-state index contributed by atoms with van der Waals surface area (Å²) >= 11 is 43.6. The second kappa shape index (κ2) is 16.2. The molecule has 0 unspecified atom stereocenters. The molecule has 0 amide bonds. The third-order valence-corrected chi connectivity index (χ3v) is 7.46. The first-order chi connectivity index (χ1) is 17.6. The zero-order valence-corrected chi connectivity index (χ0v) is 26.7. The SMILES string of the molecule is CSc1ccccc1-c1cnc(Cl)nc1Cl.ClCl.Clc1ncc(-c2ccccc2SC(Cl)(Cl)Cl)c(Cl)n1. The Labute approximate surface area is 267 Å². The van der Waals surface area contributed by atoms with Gasteiger partial charge in [-0.2, -0.15) is 0 Å². The molecular weight excluding hydrogens is 703 g/mol. The highest BCUT2D eigenvalue weighted by atomic mass is 36.5. The molecule has 0 N–H and O–H groups in total. The van der Waals surface area contributed by atoms with Gasteiger partial charge in [-0.05, 0) is 47.2 Å². The molecule has 0 fully saturated rings. The van der Waals surface area contributed by atoms with Crippen LogP contribution in [0.4, 0.5) is 0 Å². The number of thioether (sulfide) groups is 2. The normalized spacial score (nSPS) is 10.6. The minimum atomic E-state index is -1.46. The van der Waals surface area contributed by atoms with E-state index in [1.165, 1.54) is 6.20 Å². The fourth-order valence-corrected chi connectivity index (χ4v) is 5.67. The molecular formula is C22H13Cl9N4S2. The number of hydrogen-bond donors (Lipinski definition) is 0. The van der Waals surface area contributed by atoms with Crippen molar-refractivity contribution in [3.8, 4) is 22.3 Å². The monoisotopic (exact) mass is 712 g/mol. The zero-order valence-electron chi connectivity index (χ0n) is 18.3. The predicted octanol–water partition coefficient (Wildman–Crippen LogP) is 11.4. The quantitative estimate of drug-likeness (QED) is 0.0907. The molecule has 0 bridgehead atoms. The number of benzene rings is 2. The molecule has 4 nitrogen and oxygen atoms in total. The third kappa shape index (κ3) is 10.4. The highest BCUT2D eigenvalue weighted by molar-refractivity contribution is 8.04.